The van der Waals surface area contributed by atoms with Crippen LogP contribution in [-0.4, -0.2) is 21.6 Å². The van der Waals surface area contributed by atoms with Gasteiger partial charge in [0.1, 0.15) is 0 Å². The van der Waals surface area contributed by atoms with Crippen LogP contribution in [0, 0.1) is 41.5 Å². The molecule has 0 aliphatic heterocycles. The molecule has 2 atom stereocenters. The summed E-state index contributed by atoms with van der Waals surface area (Å²) in [5.74, 6) is 3.32. The Morgan fingerprint density at radius 1 is 0.500 bits per heavy atom. The van der Waals surface area contributed by atoms with Gasteiger partial charge in [0.05, 0.1) is 0 Å². The van der Waals surface area contributed by atoms with E-state index in [1.165, 1.54) is 0 Å². The van der Waals surface area contributed by atoms with Crippen LogP contribution in [0.1, 0.15) is 74.8 Å². The number of rotatable bonds is 8. The van der Waals surface area contributed by atoms with Crippen molar-refractivity contribution in [1.82, 2.24) is 0 Å². The first kappa shape index (κ1) is 48.6. The monoisotopic (exact) mass is 1100 g/mol. The number of hydrogen-bond donors (Lipinski definition) is 0. The predicted octanol–water partition coefficient (Wildman–Crippen LogP) is 17.9. The normalized spacial score (nSPS) is 16.6. The van der Waals surface area contributed by atoms with E-state index in [1.807, 2.05) is 13.8 Å². The van der Waals surface area contributed by atoms with E-state index in [0.717, 1.165) is 111 Å². The molecule has 0 spiro atoms. The topological polar surface area (TPSA) is 26.3 Å². The maximum absolute atomic E-state index is 9.08. The SMILES string of the molecule is Cc1cc(C2=Cc3c(ccc(C)c3-c3cc(Cl)c([Si](C)(C)C)c(Cl)c3)[CH]2[Zr]([Cl])([Cl])([CH]2C(c3cc(C)c(C)o3)=Cc3c2ccc(C)c3-c2cc(Cl)c([Si](C)(C)C)c(Cl)c2)=[Si](C)C)oc1C. The Balaban J connectivity index is 1.46. The third-order valence-electron chi connectivity index (χ3n) is 13.9. The molecule has 12 heteroatoms. The fraction of sp³-hybridized carbons (Fsp3) is 0.308. The predicted molar refractivity (Wildman–Crippen MR) is 286 cm³/mol. The summed E-state index contributed by atoms with van der Waals surface area (Å²) in [4.78, 5) is 0. The van der Waals surface area contributed by atoms with Crippen molar-refractivity contribution in [3.8, 4) is 22.3 Å². The number of fused-ring (bicyclic) bond motifs is 2. The summed E-state index contributed by atoms with van der Waals surface area (Å²) in [6.45, 7) is 30.8. The molecule has 2 unspecified atom stereocenters. The van der Waals surface area contributed by atoms with Crippen LogP contribution in [0.5, 0.6) is 0 Å². The summed E-state index contributed by atoms with van der Waals surface area (Å²) in [5, 5.41) is 4.93. The maximum atomic E-state index is 9.08. The van der Waals surface area contributed by atoms with Crippen LogP contribution in [0.3, 0.4) is 0 Å². The molecule has 0 saturated carbocycles. The summed E-state index contributed by atoms with van der Waals surface area (Å²) in [6, 6.07) is 21.7. The van der Waals surface area contributed by atoms with Crippen LogP contribution < -0.4 is 10.4 Å². The van der Waals surface area contributed by atoms with E-state index < -0.39 is 36.6 Å². The van der Waals surface area contributed by atoms with Gasteiger partial charge in [-0.15, -0.1) is 0 Å². The molecule has 2 heterocycles. The molecule has 0 N–H and O–H groups in total. The van der Waals surface area contributed by atoms with Gasteiger partial charge in [-0.05, 0) is 0 Å². The van der Waals surface area contributed by atoms with Crippen molar-refractivity contribution < 1.29 is 23.8 Å². The summed E-state index contributed by atoms with van der Waals surface area (Å²) in [5.41, 5.74) is 13.3. The first-order chi connectivity index (χ1) is 29.6. The number of furan rings is 2. The number of allylic oxidation sites excluding steroid dienone is 2. The van der Waals surface area contributed by atoms with E-state index in [4.69, 9.17) is 72.3 Å². The first-order valence-electron chi connectivity index (χ1n) is 21.9. The standard InChI is InChI=1S/2C25H25Cl2OSi.C2H6Si.2ClH.Zr/c2*1-14-7-8-17-10-18(23-9-15(2)16(3)28-23)11-20(17)24(14)19-12-21(26)25(22(27)13-19)29(4,5)6;1-3-2;;;/h2*7-13H,1-6H3;1-2H3;2*1H;/q;;;;;+2/p-2. The Morgan fingerprint density at radius 2 is 0.828 bits per heavy atom. The fourth-order valence-corrected chi connectivity index (χ4v) is 45.7. The van der Waals surface area contributed by atoms with E-state index in [-0.39, 0.29) is 7.25 Å². The number of benzene rings is 4. The second-order valence-corrected chi connectivity index (χ2v) is 71.0. The molecule has 2 aliphatic carbocycles. The average molecular weight is 1100 g/mol. The van der Waals surface area contributed by atoms with Gasteiger partial charge in [-0.25, -0.2) is 0 Å². The first-order valence-corrected chi connectivity index (χ1v) is 45.7. The molecule has 2 aliphatic rings. The Bertz CT molecular complexity index is 2840. The van der Waals surface area contributed by atoms with Crippen molar-refractivity contribution >= 4 is 119 Å². The zero-order valence-electron chi connectivity index (χ0n) is 39.2. The minimum atomic E-state index is -5.60. The Morgan fingerprint density at radius 3 is 1.09 bits per heavy atom. The van der Waals surface area contributed by atoms with Gasteiger partial charge < -0.3 is 0 Å². The van der Waals surface area contributed by atoms with Crippen molar-refractivity contribution in [2.45, 2.75) is 101 Å². The molecular formula is C52H56Cl6O2Si3Zr. The van der Waals surface area contributed by atoms with E-state index >= 15 is 0 Å². The molecule has 0 radical (unpaired) electrons. The molecule has 4 aromatic carbocycles. The molecule has 8 rings (SSSR count). The van der Waals surface area contributed by atoms with Gasteiger partial charge in [0.15, 0.2) is 0 Å². The summed E-state index contributed by atoms with van der Waals surface area (Å²) in [6.07, 6.45) is 4.62. The number of hydrogen-bond acceptors (Lipinski definition) is 2. The second-order valence-electron chi connectivity index (χ2n) is 20.6. The van der Waals surface area contributed by atoms with Crippen LogP contribution in [0.25, 0.3) is 45.6 Å². The zero-order chi connectivity index (χ0) is 46.9. The summed E-state index contributed by atoms with van der Waals surface area (Å²) < 4.78 is 12.8. The van der Waals surface area contributed by atoms with E-state index in [0.29, 0.717) is 20.1 Å². The van der Waals surface area contributed by atoms with Gasteiger partial charge in [0.25, 0.3) is 0 Å². The van der Waals surface area contributed by atoms with E-state index in [2.05, 4.69) is 153 Å². The van der Waals surface area contributed by atoms with Gasteiger partial charge in [0, 0.05) is 0 Å². The van der Waals surface area contributed by atoms with Crippen molar-refractivity contribution in [3.63, 3.8) is 0 Å². The molecule has 0 amide bonds. The molecule has 0 fully saturated rings. The molecule has 6 aromatic rings. The van der Waals surface area contributed by atoms with Crippen LogP contribution in [0.4, 0.5) is 0 Å². The Labute approximate surface area is 410 Å². The van der Waals surface area contributed by atoms with Crippen molar-refractivity contribution in [2.24, 2.45) is 0 Å². The van der Waals surface area contributed by atoms with Crippen LogP contribution in [0.2, 0.25) is 72.5 Å². The minimum absolute atomic E-state index is 0.346. The number of halogens is 6. The molecule has 2 aromatic heterocycles. The molecule has 334 valence electrons. The Kier molecular flexibility index (Phi) is 12.7. The second kappa shape index (κ2) is 16.7. The average Bonchev–Trinajstić information content (AvgIpc) is 3.92. The molecule has 2 nitrogen and oxygen atoms in total. The van der Waals surface area contributed by atoms with Gasteiger partial charge in [0.2, 0.25) is 0 Å². The third kappa shape index (κ3) is 7.82. The van der Waals surface area contributed by atoms with Gasteiger partial charge in [-0.3, -0.25) is 0 Å². The Hall–Kier alpha value is -1.81. The summed E-state index contributed by atoms with van der Waals surface area (Å²) >= 11 is 23.1. The molecule has 0 saturated heterocycles. The molecule has 64 heavy (non-hydrogen) atoms. The number of aryl methyl sites for hydroxylation is 6. The van der Waals surface area contributed by atoms with Gasteiger partial charge in [-0.2, -0.15) is 0 Å². The summed E-state index contributed by atoms with van der Waals surface area (Å²) in [7, 11) is 14.4. The van der Waals surface area contributed by atoms with Gasteiger partial charge in [-0.1, -0.05) is 0 Å². The van der Waals surface area contributed by atoms with Crippen LogP contribution >= 0.6 is 63.4 Å². The van der Waals surface area contributed by atoms with E-state index in [1.54, 1.807) is 0 Å². The third-order valence-corrected chi connectivity index (χ3v) is 66.1. The quantitative estimate of drug-likeness (QED) is 0.142. The fourth-order valence-electron chi connectivity index (χ4n) is 10.5. The van der Waals surface area contributed by atoms with Crippen molar-refractivity contribution in [3.05, 3.63) is 148 Å². The van der Waals surface area contributed by atoms with Crippen molar-refractivity contribution in [2.75, 3.05) is 0 Å². The van der Waals surface area contributed by atoms with Gasteiger partial charge >= 0.3 is 414 Å². The van der Waals surface area contributed by atoms with Crippen LogP contribution in [-0.2, 0) is 15.0 Å². The zero-order valence-corrected chi connectivity index (χ0v) is 49.2. The molecule has 0 bridgehead atoms. The van der Waals surface area contributed by atoms with E-state index in [9.17, 15) is 0 Å². The van der Waals surface area contributed by atoms with Crippen LogP contribution in [0.15, 0.2) is 69.5 Å². The van der Waals surface area contributed by atoms with Crippen molar-refractivity contribution in [1.29, 1.82) is 0 Å². The molecular weight excluding hydrogens is 1040 g/mol.